The van der Waals surface area contributed by atoms with Crippen molar-refractivity contribution in [3.8, 4) is 0 Å². The molecule has 5 heteroatoms. The van der Waals surface area contributed by atoms with Gasteiger partial charge in [0.25, 0.3) is 0 Å². The van der Waals surface area contributed by atoms with Crippen molar-refractivity contribution in [2.75, 3.05) is 52.4 Å². The molecule has 0 aromatic heterocycles. The molecule has 0 aromatic carbocycles. The van der Waals surface area contributed by atoms with Gasteiger partial charge in [-0.3, -0.25) is 0 Å². The Bertz CT molecular complexity index is 117. The third-order valence-corrected chi connectivity index (χ3v) is 2.94. The van der Waals surface area contributed by atoms with Crippen molar-refractivity contribution in [1.82, 2.24) is 9.80 Å². The average molecular weight is 445 g/mol. The SMILES string of the molecule is CCN(CC)CC[N-]CCN(CC)CC.[Cl][Pt]. The van der Waals surface area contributed by atoms with Gasteiger partial charge in [0.2, 0.25) is 0 Å². The summed E-state index contributed by atoms with van der Waals surface area (Å²) < 4.78 is 0. The molecule has 0 unspecified atom stereocenters. The van der Waals surface area contributed by atoms with E-state index in [1.54, 1.807) is 18.8 Å². The molecule has 0 aromatic rings. The minimum atomic E-state index is 0.989. The van der Waals surface area contributed by atoms with E-state index in [0.717, 1.165) is 52.4 Å². The zero-order valence-electron chi connectivity index (χ0n) is 11.7. The van der Waals surface area contributed by atoms with E-state index < -0.39 is 0 Å². The van der Waals surface area contributed by atoms with E-state index in [1.807, 2.05) is 0 Å². The Labute approximate surface area is 123 Å². The van der Waals surface area contributed by atoms with Crippen LogP contribution in [0.5, 0.6) is 0 Å². The van der Waals surface area contributed by atoms with Crippen LogP contribution < -0.4 is 0 Å². The van der Waals surface area contributed by atoms with Gasteiger partial charge in [0, 0.05) is 0 Å². The Balaban J connectivity index is 0. The summed E-state index contributed by atoms with van der Waals surface area (Å²) in [5.74, 6) is 0. The zero-order chi connectivity index (χ0) is 13.5. The van der Waals surface area contributed by atoms with E-state index in [4.69, 9.17) is 0 Å². The summed E-state index contributed by atoms with van der Waals surface area (Å²) in [6, 6.07) is 0. The van der Waals surface area contributed by atoms with Crippen LogP contribution in [0.3, 0.4) is 0 Å². The number of rotatable bonds is 10. The molecule has 0 aliphatic heterocycles. The predicted octanol–water partition coefficient (Wildman–Crippen LogP) is 2.73. The Morgan fingerprint density at radius 3 is 1.29 bits per heavy atom. The molecule has 0 bridgehead atoms. The first-order chi connectivity index (χ1) is 8.28. The Kier molecular flexibility index (Phi) is 20.0. The van der Waals surface area contributed by atoms with Crippen LogP contribution in [0.1, 0.15) is 27.7 Å². The second-order valence-electron chi connectivity index (χ2n) is 3.72. The summed E-state index contributed by atoms with van der Waals surface area (Å²) in [5.41, 5.74) is 0. The van der Waals surface area contributed by atoms with Gasteiger partial charge in [-0.15, -0.1) is 13.1 Å². The average Bonchev–Trinajstić information content (AvgIpc) is 2.41. The minimum absolute atomic E-state index is 0.989. The number of nitrogens with zero attached hydrogens (tertiary/aromatic N) is 3. The molecule has 0 radical (unpaired) electrons. The topological polar surface area (TPSA) is 20.6 Å². The van der Waals surface area contributed by atoms with Crippen molar-refractivity contribution in [2.24, 2.45) is 0 Å². The van der Waals surface area contributed by atoms with Gasteiger partial charge in [-0.1, -0.05) is 27.7 Å². The second kappa shape index (κ2) is 16.9. The van der Waals surface area contributed by atoms with Crippen LogP contribution in [0.2, 0.25) is 0 Å². The van der Waals surface area contributed by atoms with E-state index in [0.29, 0.717) is 0 Å². The van der Waals surface area contributed by atoms with Gasteiger partial charge in [-0.2, -0.15) is 0 Å². The Morgan fingerprint density at radius 2 is 1.06 bits per heavy atom. The standard InChI is InChI=1S/C12H28N3.ClH.Pt/c1-5-14(6-2)11-9-13-10-12-15(7-3)8-4;;/h5-12H2,1-4H3;1H;/q-1;;+1/p-1. The molecule has 0 spiro atoms. The molecular weight excluding hydrogens is 417 g/mol. The van der Waals surface area contributed by atoms with Gasteiger partial charge in [-0.25, -0.2) is 0 Å². The molecule has 0 atom stereocenters. The van der Waals surface area contributed by atoms with Gasteiger partial charge in [0.15, 0.2) is 0 Å². The van der Waals surface area contributed by atoms with Crippen molar-refractivity contribution in [2.45, 2.75) is 27.7 Å². The van der Waals surface area contributed by atoms with Gasteiger partial charge in [-0.05, 0) is 39.3 Å². The summed E-state index contributed by atoms with van der Waals surface area (Å²) >= 11 is 1.61. The molecule has 0 saturated heterocycles. The van der Waals surface area contributed by atoms with Crippen LogP contribution in [0.4, 0.5) is 0 Å². The quantitative estimate of drug-likeness (QED) is 0.483. The zero-order valence-corrected chi connectivity index (χ0v) is 14.7. The van der Waals surface area contributed by atoms with E-state index in [-0.39, 0.29) is 0 Å². The normalized spacial score (nSPS) is 10.6. The molecule has 0 aliphatic carbocycles. The molecule has 0 N–H and O–H groups in total. The number of hydrogen-bond donors (Lipinski definition) is 0. The third kappa shape index (κ3) is 13.1. The molecule has 109 valence electrons. The molecule has 0 fully saturated rings. The van der Waals surface area contributed by atoms with Crippen molar-refractivity contribution < 1.29 is 18.8 Å². The van der Waals surface area contributed by atoms with Crippen LogP contribution in [0, 0.1) is 0 Å². The maximum absolute atomic E-state index is 4.61. The fraction of sp³-hybridized carbons (Fsp3) is 1.00. The maximum atomic E-state index is 4.61. The molecule has 0 amide bonds. The van der Waals surface area contributed by atoms with Gasteiger partial charge >= 0.3 is 28.2 Å². The summed E-state index contributed by atoms with van der Waals surface area (Å²) in [7, 11) is 4.61. The first-order valence-corrected chi connectivity index (χ1v) is 9.29. The summed E-state index contributed by atoms with van der Waals surface area (Å²) in [6.07, 6.45) is 0. The Morgan fingerprint density at radius 1 is 0.765 bits per heavy atom. The van der Waals surface area contributed by atoms with E-state index in [9.17, 15) is 0 Å². The van der Waals surface area contributed by atoms with E-state index in [2.05, 4.69) is 52.2 Å². The van der Waals surface area contributed by atoms with Gasteiger partial charge in [0.1, 0.15) is 0 Å². The third-order valence-electron chi connectivity index (χ3n) is 2.94. The first-order valence-electron chi connectivity index (χ1n) is 6.48. The predicted molar refractivity (Wildman–Crippen MR) is 74.5 cm³/mol. The van der Waals surface area contributed by atoms with Gasteiger partial charge in [0.05, 0.1) is 0 Å². The molecule has 0 aliphatic rings. The fourth-order valence-corrected chi connectivity index (χ4v) is 1.62. The number of halogens is 1. The molecular formula is C12H28ClN3Pt-. The molecule has 0 rings (SSSR count). The molecule has 3 nitrogen and oxygen atoms in total. The summed E-state index contributed by atoms with van der Waals surface area (Å²) in [5, 5.41) is 4.56. The molecule has 0 saturated carbocycles. The van der Waals surface area contributed by atoms with Crippen LogP contribution in [-0.4, -0.2) is 62.2 Å². The van der Waals surface area contributed by atoms with Crippen molar-refractivity contribution in [3.05, 3.63) is 5.32 Å². The van der Waals surface area contributed by atoms with Crippen molar-refractivity contribution in [1.29, 1.82) is 0 Å². The molecule has 0 heterocycles. The van der Waals surface area contributed by atoms with E-state index >= 15 is 0 Å². The first kappa shape index (κ1) is 20.2. The number of likely N-dealkylation sites (N-methyl/N-ethyl adjacent to an activating group) is 2. The molecule has 17 heavy (non-hydrogen) atoms. The van der Waals surface area contributed by atoms with Crippen LogP contribution >= 0.6 is 9.42 Å². The van der Waals surface area contributed by atoms with Crippen LogP contribution in [0.25, 0.3) is 5.32 Å². The second-order valence-corrected chi connectivity index (χ2v) is 3.72. The van der Waals surface area contributed by atoms with Crippen LogP contribution in [0.15, 0.2) is 0 Å². The fourth-order valence-electron chi connectivity index (χ4n) is 1.62. The van der Waals surface area contributed by atoms with Crippen molar-refractivity contribution in [3.63, 3.8) is 0 Å². The van der Waals surface area contributed by atoms with Crippen molar-refractivity contribution >= 4 is 9.42 Å². The van der Waals surface area contributed by atoms with E-state index in [1.165, 1.54) is 0 Å². The monoisotopic (exact) mass is 444 g/mol. The summed E-state index contributed by atoms with van der Waals surface area (Å²) in [4.78, 5) is 4.84. The van der Waals surface area contributed by atoms with Gasteiger partial charge < -0.3 is 15.1 Å². The number of hydrogen-bond acceptors (Lipinski definition) is 2. The Hall–Kier alpha value is 0.858. The van der Waals surface area contributed by atoms with Crippen LogP contribution in [-0.2, 0) is 18.8 Å². The summed E-state index contributed by atoms with van der Waals surface area (Å²) in [6.45, 7) is 17.6.